The largest absolute Gasteiger partial charge is 0.492 e. The smallest absolute Gasteiger partial charge is 0.281 e. The molecule has 1 amide bonds. The second kappa shape index (κ2) is 6.58. The highest BCUT2D eigenvalue weighted by atomic mass is 32.1. The van der Waals surface area contributed by atoms with Crippen LogP contribution in [-0.2, 0) is 4.79 Å². The first-order valence-electron chi connectivity index (χ1n) is 7.19. The fourth-order valence-corrected chi connectivity index (χ4v) is 2.59. The van der Waals surface area contributed by atoms with Crippen molar-refractivity contribution < 1.29 is 9.53 Å². The van der Waals surface area contributed by atoms with Gasteiger partial charge in [-0.25, -0.2) is 4.90 Å². The number of para-hydroxylation sites is 2. The standard InChI is InChI=1S/C17H15N3O2S/c1-2-22-15-6-4-3-5-14(15)20-16(21)13(19-17(20)23)11-12-7-9-18-10-8-12/h3-11H,2H2,1H3,(H,19,23)/b13-11+. The number of anilines is 1. The number of nitrogens with zero attached hydrogens (tertiary/aromatic N) is 2. The predicted molar refractivity (Wildman–Crippen MR) is 93.0 cm³/mol. The van der Waals surface area contributed by atoms with Crippen LogP contribution in [0.5, 0.6) is 5.75 Å². The summed E-state index contributed by atoms with van der Waals surface area (Å²) < 4.78 is 5.59. The molecule has 6 heteroatoms. The van der Waals surface area contributed by atoms with Crippen molar-refractivity contribution in [3.63, 3.8) is 0 Å². The molecule has 1 fully saturated rings. The number of rotatable bonds is 4. The van der Waals surface area contributed by atoms with Gasteiger partial charge in [-0.05, 0) is 55.0 Å². The summed E-state index contributed by atoms with van der Waals surface area (Å²) in [7, 11) is 0. The van der Waals surface area contributed by atoms with E-state index in [0.717, 1.165) is 5.56 Å². The van der Waals surface area contributed by atoms with E-state index in [-0.39, 0.29) is 5.91 Å². The van der Waals surface area contributed by atoms with Crippen LogP contribution in [0.25, 0.3) is 6.08 Å². The zero-order valence-electron chi connectivity index (χ0n) is 12.5. The van der Waals surface area contributed by atoms with Gasteiger partial charge in [-0.1, -0.05) is 12.1 Å². The summed E-state index contributed by atoms with van der Waals surface area (Å²) in [5, 5.41) is 3.30. The number of carbonyl (C=O) groups excluding carboxylic acids is 1. The van der Waals surface area contributed by atoms with Crippen LogP contribution in [0.2, 0.25) is 0 Å². The first-order chi connectivity index (χ1) is 11.2. The first kappa shape index (κ1) is 15.2. The van der Waals surface area contributed by atoms with E-state index in [4.69, 9.17) is 17.0 Å². The number of amides is 1. The highest BCUT2D eigenvalue weighted by Gasteiger charge is 2.33. The summed E-state index contributed by atoms with van der Waals surface area (Å²) in [5.74, 6) is 0.414. The average molecular weight is 325 g/mol. The summed E-state index contributed by atoms with van der Waals surface area (Å²) in [6, 6.07) is 11.0. The summed E-state index contributed by atoms with van der Waals surface area (Å²) in [6.07, 6.45) is 5.10. The monoisotopic (exact) mass is 325 g/mol. The quantitative estimate of drug-likeness (QED) is 0.692. The van der Waals surface area contributed by atoms with Crippen LogP contribution in [0.1, 0.15) is 12.5 Å². The molecule has 1 saturated heterocycles. The lowest BCUT2D eigenvalue weighted by Crippen LogP contribution is -2.30. The van der Waals surface area contributed by atoms with Crippen molar-refractivity contribution in [2.45, 2.75) is 6.92 Å². The minimum absolute atomic E-state index is 0.209. The molecule has 1 aromatic heterocycles. The van der Waals surface area contributed by atoms with Crippen LogP contribution in [0.4, 0.5) is 5.69 Å². The normalized spacial score (nSPS) is 15.9. The Morgan fingerprint density at radius 1 is 1.26 bits per heavy atom. The van der Waals surface area contributed by atoms with Crippen LogP contribution in [0.15, 0.2) is 54.5 Å². The minimum atomic E-state index is -0.209. The molecule has 3 rings (SSSR count). The van der Waals surface area contributed by atoms with Gasteiger partial charge in [0.1, 0.15) is 11.4 Å². The van der Waals surface area contributed by atoms with Gasteiger partial charge in [0, 0.05) is 12.4 Å². The maximum atomic E-state index is 12.7. The molecular weight excluding hydrogens is 310 g/mol. The Bertz CT molecular complexity index is 774. The lowest BCUT2D eigenvalue weighted by Gasteiger charge is -2.17. The van der Waals surface area contributed by atoms with E-state index >= 15 is 0 Å². The van der Waals surface area contributed by atoms with E-state index in [0.29, 0.717) is 28.9 Å². The summed E-state index contributed by atoms with van der Waals surface area (Å²) in [4.78, 5) is 18.1. The molecule has 23 heavy (non-hydrogen) atoms. The fraction of sp³-hybridized carbons (Fsp3) is 0.118. The summed E-state index contributed by atoms with van der Waals surface area (Å²) in [5.41, 5.74) is 1.93. The molecule has 1 aliphatic heterocycles. The Kier molecular flexibility index (Phi) is 4.34. The Balaban J connectivity index is 1.95. The molecule has 1 aliphatic rings. The molecule has 5 nitrogen and oxygen atoms in total. The van der Waals surface area contributed by atoms with E-state index < -0.39 is 0 Å². The first-order valence-corrected chi connectivity index (χ1v) is 7.60. The van der Waals surface area contributed by atoms with Crippen LogP contribution in [0, 0.1) is 0 Å². The van der Waals surface area contributed by atoms with Crippen molar-refractivity contribution in [2.24, 2.45) is 0 Å². The number of nitrogens with one attached hydrogen (secondary N) is 1. The molecule has 0 saturated carbocycles. The second-order valence-corrected chi connectivity index (χ2v) is 5.20. The van der Waals surface area contributed by atoms with Gasteiger partial charge in [-0.2, -0.15) is 0 Å². The zero-order valence-corrected chi connectivity index (χ0v) is 13.3. The third-order valence-electron chi connectivity index (χ3n) is 3.30. The van der Waals surface area contributed by atoms with Crippen LogP contribution < -0.4 is 15.0 Å². The third-order valence-corrected chi connectivity index (χ3v) is 3.59. The van der Waals surface area contributed by atoms with Crippen LogP contribution in [-0.4, -0.2) is 22.6 Å². The number of benzene rings is 1. The van der Waals surface area contributed by atoms with Crippen LogP contribution in [0.3, 0.4) is 0 Å². The minimum Gasteiger partial charge on any atom is -0.492 e. The summed E-state index contributed by atoms with van der Waals surface area (Å²) in [6.45, 7) is 2.41. The van der Waals surface area contributed by atoms with Gasteiger partial charge in [0.2, 0.25) is 0 Å². The molecule has 0 spiro atoms. The molecule has 0 atom stereocenters. The fourth-order valence-electron chi connectivity index (χ4n) is 2.30. The topological polar surface area (TPSA) is 54.5 Å². The lowest BCUT2D eigenvalue weighted by molar-refractivity contribution is -0.113. The van der Waals surface area contributed by atoms with E-state index in [2.05, 4.69) is 10.3 Å². The number of hydrogen-bond donors (Lipinski definition) is 1. The van der Waals surface area contributed by atoms with Gasteiger partial charge in [-0.3, -0.25) is 9.78 Å². The van der Waals surface area contributed by atoms with Crippen molar-refractivity contribution >= 4 is 35.0 Å². The molecule has 2 heterocycles. The molecule has 116 valence electrons. The zero-order chi connectivity index (χ0) is 16.2. The van der Waals surface area contributed by atoms with Gasteiger partial charge in [-0.15, -0.1) is 0 Å². The van der Waals surface area contributed by atoms with Gasteiger partial charge in [0.15, 0.2) is 5.11 Å². The van der Waals surface area contributed by atoms with Gasteiger partial charge in [0.25, 0.3) is 5.91 Å². The Morgan fingerprint density at radius 3 is 2.74 bits per heavy atom. The average Bonchev–Trinajstić information content (AvgIpc) is 2.83. The molecule has 1 aromatic carbocycles. The highest BCUT2D eigenvalue weighted by molar-refractivity contribution is 7.80. The molecule has 0 aliphatic carbocycles. The second-order valence-electron chi connectivity index (χ2n) is 4.81. The Hall–Kier alpha value is -2.73. The SMILES string of the molecule is CCOc1ccccc1N1C(=O)/C(=C\c2ccncc2)NC1=S. The maximum Gasteiger partial charge on any atom is 0.281 e. The van der Waals surface area contributed by atoms with Crippen LogP contribution >= 0.6 is 12.2 Å². The van der Waals surface area contributed by atoms with E-state index in [1.54, 1.807) is 18.5 Å². The molecule has 1 N–H and O–H groups in total. The van der Waals surface area contributed by atoms with Crippen molar-refractivity contribution in [3.8, 4) is 5.75 Å². The maximum absolute atomic E-state index is 12.7. The predicted octanol–water partition coefficient (Wildman–Crippen LogP) is 2.74. The lowest BCUT2D eigenvalue weighted by atomic mass is 10.2. The Labute approximate surface area is 139 Å². The van der Waals surface area contributed by atoms with Gasteiger partial charge < -0.3 is 10.1 Å². The Morgan fingerprint density at radius 2 is 2.00 bits per heavy atom. The molecular formula is C17H15N3O2S. The highest BCUT2D eigenvalue weighted by Crippen LogP contribution is 2.31. The van der Waals surface area contributed by atoms with Gasteiger partial charge in [0.05, 0.1) is 12.3 Å². The third kappa shape index (κ3) is 3.07. The molecule has 2 aromatic rings. The number of hydrogen-bond acceptors (Lipinski definition) is 4. The van der Waals surface area contributed by atoms with E-state index in [1.807, 2.05) is 43.3 Å². The van der Waals surface area contributed by atoms with Crippen molar-refractivity contribution in [1.29, 1.82) is 0 Å². The van der Waals surface area contributed by atoms with Crippen molar-refractivity contribution in [3.05, 3.63) is 60.1 Å². The van der Waals surface area contributed by atoms with Gasteiger partial charge >= 0.3 is 0 Å². The van der Waals surface area contributed by atoms with E-state index in [1.165, 1.54) is 4.90 Å². The molecule has 0 radical (unpaired) electrons. The molecule has 0 bridgehead atoms. The number of pyridine rings is 1. The summed E-state index contributed by atoms with van der Waals surface area (Å²) >= 11 is 5.32. The number of aromatic nitrogens is 1. The number of thiocarbonyl (C=S) groups is 1. The van der Waals surface area contributed by atoms with E-state index in [9.17, 15) is 4.79 Å². The molecule has 0 unspecified atom stereocenters. The number of ether oxygens (including phenoxy) is 1. The van der Waals surface area contributed by atoms with Crippen molar-refractivity contribution in [1.82, 2.24) is 10.3 Å². The number of carbonyl (C=O) groups is 1. The van der Waals surface area contributed by atoms with Crippen molar-refractivity contribution in [2.75, 3.05) is 11.5 Å².